The molecule has 0 spiro atoms. The lowest BCUT2D eigenvalue weighted by Crippen LogP contribution is -1.90. The van der Waals surface area contributed by atoms with Gasteiger partial charge in [0, 0.05) is 23.3 Å². The topological polar surface area (TPSA) is 40.5 Å². The summed E-state index contributed by atoms with van der Waals surface area (Å²) in [7, 11) is 0. The standard InChI is InChI=1S/C12H6F4O2/c13-5-1-7(11(17)9(15)3-5)8-2-6(14)4-10(16)12(8)18/h1-4,17-18H. The maximum absolute atomic E-state index is 13.1. The summed E-state index contributed by atoms with van der Waals surface area (Å²) >= 11 is 0. The van der Waals surface area contributed by atoms with Gasteiger partial charge < -0.3 is 10.2 Å². The van der Waals surface area contributed by atoms with Crippen LogP contribution in [0.15, 0.2) is 24.3 Å². The first kappa shape index (κ1) is 12.2. The van der Waals surface area contributed by atoms with Gasteiger partial charge in [0.2, 0.25) is 0 Å². The van der Waals surface area contributed by atoms with Crippen LogP contribution in [0.4, 0.5) is 17.6 Å². The van der Waals surface area contributed by atoms with E-state index >= 15 is 0 Å². The molecule has 0 fully saturated rings. The van der Waals surface area contributed by atoms with Crippen LogP contribution in [0, 0.1) is 23.3 Å². The Morgan fingerprint density at radius 2 is 0.944 bits per heavy atom. The Morgan fingerprint density at radius 3 is 1.28 bits per heavy atom. The molecule has 0 aliphatic heterocycles. The first-order valence-corrected chi connectivity index (χ1v) is 4.76. The predicted octanol–water partition coefficient (Wildman–Crippen LogP) is 3.32. The van der Waals surface area contributed by atoms with E-state index < -0.39 is 45.9 Å². The van der Waals surface area contributed by atoms with Crippen LogP contribution < -0.4 is 0 Å². The summed E-state index contributed by atoms with van der Waals surface area (Å²) in [6.07, 6.45) is 0. The van der Waals surface area contributed by atoms with Gasteiger partial charge in [-0.15, -0.1) is 0 Å². The van der Waals surface area contributed by atoms with E-state index in [1.807, 2.05) is 0 Å². The van der Waals surface area contributed by atoms with Gasteiger partial charge in [0.1, 0.15) is 11.6 Å². The van der Waals surface area contributed by atoms with Crippen molar-refractivity contribution >= 4 is 0 Å². The van der Waals surface area contributed by atoms with Crippen LogP contribution in [-0.2, 0) is 0 Å². The number of hydrogen-bond acceptors (Lipinski definition) is 2. The van der Waals surface area contributed by atoms with E-state index in [1.54, 1.807) is 0 Å². The van der Waals surface area contributed by atoms with E-state index in [4.69, 9.17) is 0 Å². The maximum atomic E-state index is 13.1. The number of rotatable bonds is 1. The Balaban J connectivity index is 2.77. The van der Waals surface area contributed by atoms with Crippen LogP contribution in [0.25, 0.3) is 11.1 Å². The van der Waals surface area contributed by atoms with Gasteiger partial charge in [-0.3, -0.25) is 0 Å². The Labute approximate surface area is 98.7 Å². The summed E-state index contributed by atoms with van der Waals surface area (Å²) in [4.78, 5) is 0. The molecule has 6 heteroatoms. The van der Waals surface area contributed by atoms with Crippen molar-refractivity contribution in [3.05, 3.63) is 47.5 Å². The Kier molecular flexibility index (Phi) is 2.86. The minimum absolute atomic E-state index is 0.408. The van der Waals surface area contributed by atoms with Crippen LogP contribution in [0.5, 0.6) is 11.5 Å². The fourth-order valence-electron chi connectivity index (χ4n) is 1.54. The molecule has 2 aromatic carbocycles. The van der Waals surface area contributed by atoms with Crippen LogP contribution in [0.3, 0.4) is 0 Å². The molecular formula is C12H6F4O2. The summed E-state index contributed by atoms with van der Waals surface area (Å²) in [6.45, 7) is 0. The van der Waals surface area contributed by atoms with Crippen LogP contribution in [0.1, 0.15) is 0 Å². The lowest BCUT2D eigenvalue weighted by Gasteiger charge is -2.09. The number of phenolic OH excluding ortho intramolecular Hbond substituents is 2. The molecule has 18 heavy (non-hydrogen) atoms. The summed E-state index contributed by atoms with van der Waals surface area (Å²) in [6, 6.07) is 2.13. The van der Waals surface area contributed by atoms with E-state index in [0.717, 1.165) is 0 Å². The van der Waals surface area contributed by atoms with Crippen molar-refractivity contribution in [3.8, 4) is 22.6 Å². The third-order valence-corrected chi connectivity index (χ3v) is 2.35. The molecule has 0 unspecified atom stereocenters. The van der Waals surface area contributed by atoms with Crippen molar-refractivity contribution in [2.75, 3.05) is 0 Å². The fraction of sp³-hybridized carbons (Fsp3) is 0. The quantitative estimate of drug-likeness (QED) is 0.770. The number of hydrogen-bond donors (Lipinski definition) is 2. The van der Waals surface area contributed by atoms with Gasteiger partial charge >= 0.3 is 0 Å². The van der Waals surface area contributed by atoms with Gasteiger partial charge in [0.15, 0.2) is 23.1 Å². The summed E-state index contributed by atoms with van der Waals surface area (Å²) in [5, 5.41) is 18.8. The Bertz CT molecular complexity index is 570. The molecule has 0 saturated carbocycles. The predicted molar refractivity (Wildman–Crippen MR) is 55.0 cm³/mol. The summed E-state index contributed by atoms with van der Waals surface area (Å²) in [5.74, 6) is -6.70. The van der Waals surface area contributed by atoms with E-state index in [0.29, 0.717) is 24.3 Å². The molecule has 2 nitrogen and oxygen atoms in total. The summed E-state index contributed by atoms with van der Waals surface area (Å²) in [5.41, 5.74) is -1.08. The van der Waals surface area contributed by atoms with Crippen LogP contribution in [-0.4, -0.2) is 10.2 Å². The third-order valence-electron chi connectivity index (χ3n) is 2.35. The van der Waals surface area contributed by atoms with Gasteiger partial charge in [-0.05, 0) is 12.1 Å². The smallest absolute Gasteiger partial charge is 0.168 e. The highest BCUT2D eigenvalue weighted by Gasteiger charge is 2.18. The number of aromatic hydroxyl groups is 2. The minimum Gasteiger partial charge on any atom is -0.504 e. The lowest BCUT2D eigenvalue weighted by molar-refractivity contribution is 0.422. The normalized spacial score (nSPS) is 10.7. The lowest BCUT2D eigenvalue weighted by atomic mass is 10.0. The molecule has 2 N–H and O–H groups in total. The second kappa shape index (κ2) is 4.21. The van der Waals surface area contributed by atoms with Crippen LogP contribution in [0.2, 0.25) is 0 Å². The fourth-order valence-corrected chi connectivity index (χ4v) is 1.54. The zero-order valence-electron chi connectivity index (χ0n) is 8.72. The van der Waals surface area contributed by atoms with Crippen LogP contribution >= 0.6 is 0 Å². The number of phenols is 2. The van der Waals surface area contributed by atoms with Crippen molar-refractivity contribution in [2.45, 2.75) is 0 Å². The second-order valence-electron chi connectivity index (χ2n) is 3.57. The van der Waals surface area contributed by atoms with E-state index in [1.165, 1.54) is 0 Å². The minimum atomic E-state index is -1.30. The first-order chi connectivity index (χ1) is 8.40. The second-order valence-corrected chi connectivity index (χ2v) is 3.57. The molecule has 0 aliphatic carbocycles. The number of benzene rings is 2. The molecule has 2 rings (SSSR count). The monoisotopic (exact) mass is 258 g/mol. The molecular weight excluding hydrogens is 252 g/mol. The average molecular weight is 258 g/mol. The highest BCUT2D eigenvalue weighted by atomic mass is 19.1. The Hall–Kier alpha value is -2.24. The first-order valence-electron chi connectivity index (χ1n) is 4.76. The van der Waals surface area contributed by atoms with Crippen molar-refractivity contribution in [2.24, 2.45) is 0 Å². The molecule has 0 atom stereocenters. The van der Waals surface area contributed by atoms with E-state index in [-0.39, 0.29) is 0 Å². The van der Waals surface area contributed by atoms with E-state index in [9.17, 15) is 27.8 Å². The SMILES string of the molecule is Oc1c(F)cc(F)cc1-c1cc(F)cc(F)c1O. The molecule has 0 radical (unpaired) electrons. The van der Waals surface area contributed by atoms with Gasteiger partial charge in [0.25, 0.3) is 0 Å². The largest absolute Gasteiger partial charge is 0.504 e. The molecule has 0 saturated heterocycles. The highest BCUT2D eigenvalue weighted by Crippen LogP contribution is 2.38. The van der Waals surface area contributed by atoms with Crippen molar-refractivity contribution < 1.29 is 27.8 Å². The van der Waals surface area contributed by atoms with Crippen molar-refractivity contribution in [1.82, 2.24) is 0 Å². The van der Waals surface area contributed by atoms with Crippen molar-refractivity contribution in [1.29, 1.82) is 0 Å². The highest BCUT2D eigenvalue weighted by molar-refractivity contribution is 5.75. The molecule has 0 bridgehead atoms. The Morgan fingerprint density at radius 1 is 0.611 bits per heavy atom. The molecule has 0 aliphatic rings. The zero-order chi connectivity index (χ0) is 13.4. The third kappa shape index (κ3) is 1.97. The van der Waals surface area contributed by atoms with Gasteiger partial charge in [0.05, 0.1) is 0 Å². The molecule has 0 heterocycles. The van der Waals surface area contributed by atoms with Gasteiger partial charge in [-0.2, -0.15) is 0 Å². The van der Waals surface area contributed by atoms with E-state index in [2.05, 4.69) is 0 Å². The molecule has 0 aromatic heterocycles. The van der Waals surface area contributed by atoms with Crippen molar-refractivity contribution in [3.63, 3.8) is 0 Å². The summed E-state index contributed by atoms with van der Waals surface area (Å²) < 4.78 is 52.2. The average Bonchev–Trinajstić information content (AvgIpc) is 2.28. The van der Waals surface area contributed by atoms with Gasteiger partial charge in [-0.1, -0.05) is 0 Å². The molecule has 0 amide bonds. The molecule has 94 valence electrons. The zero-order valence-corrected chi connectivity index (χ0v) is 8.72. The number of halogens is 4. The molecule has 2 aromatic rings. The van der Waals surface area contributed by atoms with Gasteiger partial charge in [-0.25, -0.2) is 17.6 Å². The maximum Gasteiger partial charge on any atom is 0.168 e.